The van der Waals surface area contributed by atoms with Gasteiger partial charge in [0, 0.05) is 0 Å². The van der Waals surface area contributed by atoms with Crippen LogP contribution in [0, 0.1) is 0 Å². The SMILES string of the molecule is COc1ccc(C(=O)COC(C)C)c(OC)c1OC. The van der Waals surface area contributed by atoms with Crippen LogP contribution in [0.2, 0.25) is 0 Å². The number of carbonyl (C=O) groups excluding carboxylic acids is 1. The molecule has 0 aliphatic heterocycles. The molecule has 0 saturated carbocycles. The minimum atomic E-state index is -0.161. The predicted molar refractivity (Wildman–Crippen MR) is 71.5 cm³/mol. The van der Waals surface area contributed by atoms with E-state index in [1.54, 1.807) is 12.1 Å². The average Bonchev–Trinajstić information content (AvgIpc) is 2.42. The Balaban J connectivity index is 3.10. The number of benzene rings is 1. The predicted octanol–water partition coefficient (Wildman–Crippen LogP) is 2.32. The van der Waals surface area contributed by atoms with Crippen molar-refractivity contribution in [3.8, 4) is 17.2 Å². The molecule has 0 aliphatic rings. The Labute approximate surface area is 113 Å². The lowest BCUT2D eigenvalue weighted by molar-refractivity contribution is 0.0582. The lowest BCUT2D eigenvalue weighted by Gasteiger charge is -2.15. The summed E-state index contributed by atoms with van der Waals surface area (Å²) in [7, 11) is 4.51. The fourth-order valence-corrected chi connectivity index (χ4v) is 1.64. The lowest BCUT2D eigenvalue weighted by Crippen LogP contribution is -2.14. The molecule has 0 aliphatic carbocycles. The Morgan fingerprint density at radius 3 is 2.16 bits per heavy atom. The normalized spacial score (nSPS) is 10.4. The van der Waals surface area contributed by atoms with E-state index in [1.165, 1.54) is 21.3 Å². The van der Waals surface area contributed by atoms with Gasteiger partial charge in [-0.3, -0.25) is 4.79 Å². The first-order chi connectivity index (χ1) is 9.04. The van der Waals surface area contributed by atoms with Crippen LogP contribution in [0.3, 0.4) is 0 Å². The molecule has 0 amide bonds. The number of hydrogen-bond donors (Lipinski definition) is 0. The van der Waals surface area contributed by atoms with E-state index in [0.29, 0.717) is 22.8 Å². The number of hydrogen-bond acceptors (Lipinski definition) is 5. The number of methoxy groups -OCH3 is 3. The molecule has 1 aromatic carbocycles. The Morgan fingerprint density at radius 1 is 1.05 bits per heavy atom. The van der Waals surface area contributed by atoms with E-state index in [-0.39, 0.29) is 18.5 Å². The Morgan fingerprint density at radius 2 is 1.68 bits per heavy atom. The molecule has 106 valence electrons. The zero-order valence-electron chi connectivity index (χ0n) is 12.0. The summed E-state index contributed by atoms with van der Waals surface area (Å²) in [5.74, 6) is 1.12. The third kappa shape index (κ3) is 3.61. The number of ether oxygens (including phenoxy) is 4. The molecular weight excluding hydrogens is 248 g/mol. The Hall–Kier alpha value is -1.75. The summed E-state index contributed by atoms with van der Waals surface area (Å²) < 4.78 is 21.0. The van der Waals surface area contributed by atoms with E-state index in [4.69, 9.17) is 18.9 Å². The highest BCUT2D eigenvalue weighted by Crippen LogP contribution is 2.39. The van der Waals surface area contributed by atoms with Crippen LogP contribution in [0.5, 0.6) is 17.2 Å². The van der Waals surface area contributed by atoms with Gasteiger partial charge in [-0.05, 0) is 26.0 Å². The van der Waals surface area contributed by atoms with E-state index in [2.05, 4.69) is 0 Å². The second-order valence-corrected chi connectivity index (χ2v) is 4.16. The van der Waals surface area contributed by atoms with Crippen molar-refractivity contribution in [2.45, 2.75) is 20.0 Å². The zero-order chi connectivity index (χ0) is 14.4. The minimum Gasteiger partial charge on any atom is -0.493 e. The molecule has 1 rings (SSSR count). The first-order valence-corrected chi connectivity index (χ1v) is 5.98. The largest absolute Gasteiger partial charge is 0.493 e. The van der Waals surface area contributed by atoms with Crippen LogP contribution in [0.25, 0.3) is 0 Å². The van der Waals surface area contributed by atoms with Crippen molar-refractivity contribution in [3.05, 3.63) is 17.7 Å². The van der Waals surface area contributed by atoms with Crippen LogP contribution in [0.15, 0.2) is 12.1 Å². The Kier molecular flexibility index (Phi) is 5.63. The molecule has 0 heterocycles. The van der Waals surface area contributed by atoms with Crippen LogP contribution in [0.4, 0.5) is 0 Å². The summed E-state index contributed by atoms with van der Waals surface area (Å²) in [6.45, 7) is 3.75. The number of Topliss-reactive ketones (excluding diaryl/α,β-unsaturated/α-hetero) is 1. The van der Waals surface area contributed by atoms with Crippen molar-refractivity contribution in [3.63, 3.8) is 0 Å². The molecule has 0 aromatic heterocycles. The van der Waals surface area contributed by atoms with Gasteiger partial charge in [0.2, 0.25) is 5.75 Å². The third-order valence-electron chi connectivity index (χ3n) is 2.55. The topological polar surface area (TPSA) is 54.0 Å². The van der Waals surface area contributed by atoms with Gasteiger partial charge in [0.15, 0.2) is 17.3 Å². The fraction of sp³-hybridized carbons (Fsp3) is 0.500. The highest BCUT2D eigenvalue weighted by Gasteiger charge is 2.20. The van der Waals surface area contributed by atoms with Crippen molar-refractivity contribution < 1.29 is 23.7 Å². The molecule has 0 saturated heterocycles. The summed E-state index contributed by atoms with van der Waals surface area (Å²) in [5, 5.41) is 0. The number of ketones is 1. The molecule has 0 spiro atoms. The second kappa shape index (κ2) is 6.99. The van der Waals surface area contributed by atoms with Crippen molar-refractivity contribution in [1.29, 1.82) is 0 Å². The molecular formula is C14H20O5. The molecule has 1 aromatic rings. The van der Waals surface area contributed by atoms with Crippen LogP contribution in [0.1, 0.15) is 24.2 Å². The summed E-state index contributed by atoms with van der Waals surface area (Å²) >= 11 is 0. The summed E-state index contributed by atoms with van der Waals surface area (Å²) in [4.78, 5) is 12.1. The summed E-state index contributed by atoms with van der Waals surface area (Å²) in [6, 6.07) is 3.32. The van der Waals surface area contributed by atoms with Gasteiger partial charge in [-0.25, -0.2) is 0 Å². The van der Waals surface area contributed by atoms with Crippen molar-refractivity contribution in [2.24, 2.45) is 0 Å². The molecule has 0 N–H and O–H groups in total. The van der Waals surface area contributed by atoms with Crippen LogP contribution in [-0.4, -0.2) is 39.8 Å². The van der Waals surface area contributed by atoms with Gasteiger partial charge in [-0.2, -0.15) is 0 Å². The van der Waals surface area contributed by atoms with Crippen molar-refractivity contribution >= 4 is 5.78 Å². The summed E-state index contributed by atoms with van der Waals surface area (Å²) in [6.07, 6.45) is -0.00455. The zero-order valence-corrected chi connectivity index (χ0v) is 12.0. The maximum Gasteiger partial charge on any atom is 0.204 e. The number of rotatable bonds is 7. The fourth-order valence-electron chi connectivity index (χ4n) is 1.64. The van der Waals surface area contributed by atoms with E-state index in [0.717, 1.165) is 0 Å². The highest BCUT2D eigenvalue weighted by atomic mass is 16.5. The van der Waals surface area contributed by atoms with Gasteiger partial charge < -0.3 is 18.9 Å². The molecule has 0 fully saturated rings. The van der Waals surface area contributed by atoms with Gasteiger partial charge in [0.1, 0.15) is 6.61 Å². The van der Waals surface area contributed by atoms with Crippen LogP contribution >= 0.6 is 0 Å². The van der Waals surface area contributed by atoms with Gasteiger partial charge in [0.05, 0.1) is 33.0 Å². The quantitative estimate of drug-likeness (QED) is 0.710. The maximum absolute atomic E-state index is 12.1. The monoisotopic (exact) mass is 268 g/mol. The van der Waals surface area contributed by atoms with E-state index >= 15 is 0 Å². The molecule has 19 heavy (non-hydrogen) atoms. The standard InChI is InChI=1S/C14H20O5/c1-9(2)19-8-11(15)10-6-7-12(16-3)14(18-5)13(10)17-4/h6-7,9H,8H2,1-5H3. The third-order valence-corrected chi connectivity index (χ3v) is 2.55. The first-order valence-electron chi connectivity index (χ1n) is 5.98. The molecule has 0 bridgehead atoms. The first kappa shape index (κ1) is 15.3. The van der Waals surface area contributed by atoms with Crippen molar-refractivity contribution in [2.75, 3.05) is 27.9 Å². The maximum atomic E-state index is 12.1. The van der Waals surface area contributed by atoms with Gasteiger partial charge in [-0.15, -0.1) is 0 Å². The van der Waals surface area contributed by atoms with E-state index < -0.39 is 0 Å². The van der Waals surface area contributed by atoms with Gasteiger partial charge in [-0.1, -0.05) is 0 Å². The molecule has 5 heteroatoms. The Bertz CT molecular complexity index is 440. The van der Waals surface area contributed by atoms with E-state index in [1.807, 2.05) is 13.8 Å². The second-order valence-electron chi connectivity index (χ2n) is 4.16. The molecule has 0 atom stereocenters. The van der Waals surface area contributed by atoms with Crippen LogP contribution in [-0.2, 0) is 4.74 Å². The van der Waals surface area contributed by atoms with Gasteiger partial charge in [0.25, 0.3) is 0 Å². The molecule has 5 nitrogen and oxygen atoms in total. The minimum absolute atomic E-state index is 0.00348. The number of carbonyl (C=O) groups is 1. The van der Waals surface area contributed by atoms with Crippen LogP contribution < -0.4 is 14.2 Å². The smallest absolute Gasteiger partial charge is 0.204 e. The molecule has 0 unspecified atom stereocenters. The van der Waals surface area contributed by atoms with Crippen molar-refractivity contribution in [1.82, 2.24) is 0 Å². The van der Waals surface area contributed by atoms with Gasteiger partial charge >= 0.3 is 0 Å². The summed E-state index contributed by atoms with van der Waals surface area (Å²) in [5.41, 5.74) is 0.417. The lowest BCUT2D eigenvalue weighted by atomic mass is 10.1. The van der Waals surface area contributed by atoms with E-state index in [9.17, 15) is 4.79 Å². The highest BCUT2D eigenvalue weighted by molar-refractivity contribution is 6.00. The average molecular weight is 268 g/mol. The molecule has 0 radical (unpaired) electrons.